The number of carbonyl (C=O) groups is 5. The van der Waals surface area contributed by atoms with Crippen LogP contribution in [0.5, 0.6) is 0 Å². The number of aliphatic hydroxyl groups is 3. The van der Waals surface area contributed by atoms with E-state index in [0.29, 0.717) is 18.3 Å². The van der Waals surface area contributed by atoms with E-state index < -0.39 is 152 Å². The van der Waals surface area contributed by atoms with Gasteiger partial charge in [0.2, 0.25) is 0 Å². The highest BCUT2D eigenvalue weighted by molar-refractivity contribution is 5.91. The second kappa shape index (κ2) is 28.2. The number of allylic oxidation sites excluding steroid dienone is 3. The van der Waals surface area contributed by atoms with Crippen LogP contribution < -0.4 is 0 Å². The zero-order valence-corrected chi connectivity index (χ0v) is 45.7. The lowest BCUT2D eigenvalue weighted by Gasteiger charge is -2.50. The molecule has 20 nitrogen and oxygen atoms in total. The molecule has 21 atom stereocenters. The van der Waals surface area contributed by atoms with Crippen LogP contribution in [-0.2, 0) is 76.1 Å². The van der Waals surface area contributed by atoms with Gasteiger partial charge in [0, 0.05) is 58.2 Å². The molecule has 0 bridgehead atoms. The third kappa shape index (κ3) is 16.9. The van der Waals surface area contributed by atoms with Crippen molar-refractivity contribution in [1.82, 2.24) is 4.90 Å². The topological polar surface area (TPSA) is 251 Å². The molecular formula is C53H87NO19. The average molecular weight is 1040 g/mol. The zero-order chi connectivity index (χ0) is 54.6. The van der Waals surface area contributed by atoms with Gasteiger partial charge >= 0.3 is 17.9 Å². The Morgan fingerprint density at radius 2 is 1.53 bits per heavy atom. The molecule has 4 aliphatic heterocycles. The molecule has 418 valence electrons. The summed E-state index contributed by atoms with van der Waals surface area (Å²) in [6, 6.07) is -0.786. The molecule has 0 radical (unpaired) electrons. The van der Waals surface area contributed by atoms with Crippen LogP contribution in [0.25, 0.3) is 0 Å². The Hall–Kier alpha value is -3.25. The minimum atomic E-state index is -1.51. The first-order valence-corrected chi connectivity index (χ1v) is 25.9. The van der Waals surface area contributed by atoms with Gasteiger partial charge in [0.25, 0.3) is 0 Å². The number of likely N-dealkylation sites (N-methyl/N-ethyl adjacent to an activating group) is 1. The summed E-state index contributed by atoms with van der Waals surface area (Å²) in [6.45, 7) is 18.8. The van der Waals surface area contributed by atoms with Crippen LogP contribution in [-0.4, -0.2) is 189 Å². The smallest absolute Gasteiger partial charge is 0.308 e. The molecule has 73 heavy (non-hydrogen) atoms. The number of hydrogen-bond acceptors (Lipinski definition) is 20. The van der Waals surface area contributed by atoms with Crippen LogP contribution in [0.4, 0.5) is 0 Å². The SMILES string of the molecule is CC[C@H]1OC(=O)C[C@@H](O)[C@H](C)[C@@H](O[C@H]2O[C@H](C)[C@@H](O[C@H]3C[C@@](C)(O)[C@@H](OC(C)=O)[C@H](C)O3)[C@H](N(C)C)[C@H]2O)[C@@H](CC=O)C[C@@H](C)C(=O)C=CC(C)=C[C@@H]1CO[C@@H]1O[C@H](C)[C@@H](OC(=O)CC(C)C)[C@@H](OC)[C@H]1OC. The summed E-state index contributed by atoms with van der Waals surface area (Å²) in [5, 5.41) is 35.3. The first kappa shape index (κ1) is 62.3. The number of esters is 3. The molecular weight excluding hydrogens is 955 g/mol. The molecule has 0 aromatic rings. The van der Waals surface area contributed by atoms with Crippen molar-refractivity contribution in [2.45, 2.75) is 218 Å². The van der Waals surface area contributed by atoms with Crippen molar-refractivity contribution in [2.24, 2.45) is 29.6 Å². The third-order valence-corrected chi connectivity index (χ3v) is 14.5. The monoisotopic (exact) mass is 1040 g/mol. The standard InChI is InChI=1S/C53H87NO19/c1-16-39-36(26-65-52-49(64-15)48(63-14)47(32(8)68-52)71-40(59)21-27(2)3)22-28(4)17-18-37(57)29(5)23-35(19-20-55)45(30(6)38(58)24-41(60)70-39)73-51-44(61)43(54(12)13)46(31(7)67-51)72-42-25-53(11,62)50(33(9)66-42)69-34(10)56/h17-18,20,22,27,29-33,35-36,38-39,42-52,58,61-62H,16,19,21,23-26H2,1-15H3/t29-,30+,31-,32-,33+,35+,36-,38-,39-,42+,43-,44-,45-,46-,47-,48-,49-,50+,51-,52-,53-/m1/s1. The molecule has 4 rings (SSSR count). The summed E-state index contributed by atoms with van der Waals surface area (Å²) in [5.41, 5.74) is -0.840. The van der Waals surface area contributed by atoms with Gasteiger partial charge in [-0.15, -0.1) is 0 Å². The van der Waals surface area contributed by atoms with Crippen LogP contribution in [0.1, 0.15) is 115 Å². The number of ketones is 1. The zero-order valence-electron chi connectivity index (χ0n) is 45.7. The Kier molecular flexibility index (Phi) is 24.1. The average Bonchev–Trinajstić information content (AvgIpc) is 3.29. The number of rotatable bonds is 17. The minimum absolute atomic E-state index is 0.0405. The fourth-order valence-corrected chi connectivity index (χ4v) is 10.6. The van der Waals surface area contributed by atoms with E-state index in [1.165, 1.54) is 34.1 Å². The third-order valence-electron chi connectivity index (χ3n) is 14.5. The number of cyclic esters (lactones) is 1. The van der Waals surface area contributed by atoms with Crippen molar-refractivity contribution < 1.29 is 91.4 Å². The fraction of sp³-hybridized carbons (Fsp3) is 0.830. The highest BCUT2D eigenvalue weighted by atomic mass is 16.7. The molecule has 3 saturated heterocycles. The van der Waals surface area contributed by atoms with Gasteiger partial charge in [-0.25, -0.2) is 0 Å². The predicted octanol–water partition coefficient (Wildman–Crippen LogP) is 4.00. The maximum Gasteiger partial charge on any atom is 0.308 e. The Bertz CT molecular complexity index is 1860. The van der Waals surface area contributed by atoms with Gasteiger partial charge in [-0.05, 0) is 79.5 Å². The molecule has 4 aliphatic rings. The quantitative estimate of drug-likeness (QED) is 0.106. The number of nitrogens with zero attached hydrogens (tertiary/aromatic N) is 1. The molecule has 3 N–H and O–H groups in total. The number of methoxy groups -OCH3 is 2. The van der Waals surface area contributed by atoms with Crippen LogP contribution in [0.3, 0.4) is 0 Å². The van der Waals surface area contributed by atoms with E-state index in [2.05, 4.69) is 0 Å². The Morgan fingerprint density at radius 3 is 2.11 bits per heavy atom. The number of aldehydes is 1. The van der Waals surface area contributed by atoms with Gasteiger partial charge < -0.3 is 77.1 Å². The van der Waals surface area contributed by atoms with Crippen molar-refractivity contribution in [3.63, 3.8) is 0 Å². The second-order valence-corrected chi connectivity index (χ2v) is 21.4. The number of aliphatic hydroxyl groups excluding tert-OH is 2. The molecule has 0 spiro atoms. The van der Waals surface area contributed by atoms with E-state index >= 15 is 0 Å². The second-order valence-electron chi connectivity index (χ2n) is 21.4. The van der Waals surface area contributed by atoms with Crippen LogP contribution in [0.15, 0.2) is 23.8 Å². The molecule has 0 amide bonds. The van der Waals surface area contributed by atoms with E-state index in [-0.39, 0.29) is 44.0 Å². The van der Waals surface area contributed by atoms with Crippen molar-refractivity contribution in [3.8, 4) is 0 Å². The van der Waals surface area contributed by atoms with Crippen molar-refractivity contribution >= 4 is 30.0 Å². The normalized spacial score (nSPS) is 40.5. The van der Waals surface area contributed by atoms with Gasteiger partial charge in [0.05, 0.1) is 49.6 Å². The van der Waals surface area contributed by atoms with E-state index in [1.807, 2.05) is 26.8 Å². The van der Waals surface area contributed by atoms with Crippen LogP contribution in [0.2, 0.25) is 0 Å². The number of hydrogen-bond donors (Lipinski definition) is 3. The Morgan fingerprint density at radius 1 is 0.890 bits per heavy atom. The van der Waals surface area contributed by atoms with Gasteiger partial charge in [-0.3, -0.25) is 19.2 Å². The van der Waals surface area contributed by atoms with Crippen molar-refractivity contribution in [3.05, 3.63) is 23.8 Å². The molecule has 0 aliphatic carbocycles. The fourth-order valence-electron chi connectivity index (χ4n) is 10.6. The highest BCUT2D eigenvalue weighted by Gasteiger charge is 2.53. The molecule has 3 fully saturated rings. The molecule has 0 aromatic heterocycles. The van der Waals surface area contributed by atoms with E-state index in [1.54, 1.807) is 66.6 Å². The molecule has 0 saturated carbocycles. The van der Waals surface area contributed by atoms with E-state index in [4.69, 9.17) is 52.1 Å². The summed E-state index contributed by atoms with van der Waals surface area (Å²) in [5.74, 6) is -4.63. The first-order valence-electron chi connectivity index (χ1n) is 25.9. The van der Waals surface area contributed by atoms with E-state index in [9.17, 15) is 39.3 Å². The Balaban J connectivity index is 1.60. The summed E-state index contributed by atoms with van der Waals surface area (Å²) in [7, 11) is 6.45. The maximum absolute atomic E-state index is 14.0. The first-order chi connectivity index (χ1) is 34.3. The largest absolute Gasteiger partial charge is 0.462 e. The molecule has 4 heterocycles. The van der Waals surface area contributed by atoms with Crippen LogP contribution in [0, 0.1) is 29.6 Å². The maximum atomic E-state index is 14.0. The molecule has 0 unspecified atom stereocenters. The Labute approximate surface area is 432 Å². The number of carbonyl (C=O) groups excluding carboxylic acids is 5. The molecule has 0 aromatic carbocycles. The minimum Gasteiger partial charge on any atom is -0.462 e. The molecule has 20 heteroatoms. The van der Waals surface area contributed by atoms with Crippen LogP contribution >= 0.6 is 0 Å². The summed E-state index contributed by atoms with van der Waals surface area (Å²) in [6.07, 6.45) is -8.45. The lowest BCUT2D eigenvalue weighted by atomic mass is 9.79. The highest BCUT2D eigenvalue weighted by Crippen LogP contribution is 2.38. The van der Waals surface area contributed by atoms with Crippen molar-refractivity contribution in [2.75, 3.05) is 34.9 Å². The van der Waals surface area contributed by atoms with Gasteiger partial charge in [-0.2, -0.15) is 0 Å². The van der Waals surface area contributed by atoms with E-state index in [0.717, 1.165) is 0 Å². The van der Waals surface area contributed by atoms with Gasteiger partial charge in [0.15, 0.2) is 36.9 Å². The summed E-state index contributed by atoms with van der Waals surface area (Å²) < 4.78 is 67.2. The van der Waals surface area contributed by atoms with Gasteiger partial charge in [-0.1, -0.05) is 52.3 Å². The van der Waals surface area contributed by atoms with Crippen molar-refractivity contribution in [1.29, 1.82) is 0 Å². The lowest BCUT2D eigenvalue weighted by molar-refractivity contribution is -0.342. The predicted molar refractivity (Wildman–Crippen MR) is 263 cm³/mol. The summed E-state index contributed by atoms with van der Waals surface area (Å²) in [4.78, 5) is 66.5. The number of ether oxygens (including phenoxy) is 11. The lowest BCUT2D eigenvalue weighted by Crippen LogP contribution is -2.65. The summed E-state index contributed by atoms with van der Waals surface area (Å²) >= 11 is 0. The van der Waals surface area contributed by atoms with Gasteiger partial charge in [0.1, 0.15) is 42.4 Å².